The Kier molecular flexibility index (Phi) is 7.00. The summed E-state index contributed by atoms with van der Waals surface area (Å²) in [7, 11) is 1.62. The third-order valence-corrected chi connectivity index (χ3v) is 4.18. The Morgan fingerprint density at radius 1 is 1.14 bits per heavy atom. The summed E-state index contributed by atoms with van der Waals surface area (Å²) in [6.07, 6.45) is 5.03. The zero-order chi connectivity index (χ0) is 20.8. The molecule has 2 aromatic heterocycles. The van der Waals surface area contributed by atoms with Crippen molar-refractivity contribution in [3.05, 3.63) is 41.1 Å². The van der Waals surface area contributed by atoms with Gasteiger partial charge in [-0.05, 0) is 24.2 Å². The van der Waals surface area contributed by atoms with Gasteiger partial charge in [-0.3, -0.25) is 4.57 Å². The molecule has 0 radical (unpaired) electrons. The van der Waals surface area contributed by atoms with Crippen LogP contribution in [0.1, 0.15) is 39.2 Å². The third-order valence-electron chi connectivity index (χ3n) is 3.86. The number of nitrogens with two attached hydrogens (primary N) is 2. The van der Waals surface area contributed by atoms with Crippen molar-refractivity contribution in [1.82, 2.24) is 19.5 Å². The highest BCUT2D eigenvalue weighted by atomic mass is 32.1. The topological polar surface area (TPSA) is 117 Å². The minimum absolute atomic E-state index is 0.0907. The van der Waals surface area contributed by atoms with Crippen LogP contribution in [0.2, 0.25) is 0 Å². The quantitative estimate of drug-likeness (QED) is 0.540. The lowest BCUT2D eigenvalue weighted by Crippen LogP contribution is -2.04. The van der Waals surface area contributed by atoms with Crippen molar-refractivity contribution >= 4 is 24.0 Å². The van der Waals surface area contributed by atoms with Gasteiger partial charge in [0.05, 0.1) is 19.0 Å². The largest absolute Gasteiger partial charge is 0.495 e. The zero-order valence-electron chi connectivity index (χ0n) is 16.7. The average Bonchev–Trinajstić information content (AvgIpc) is 3.10. The predicted octanol–water partition coefficient (Wildman–Crippen LogP) is 4.44. The number of hydrogen-bond acceptors (Lipinski definition) is 7. The molecule has 150 valence electrons. The Morgan fingerprint density at radius 3 is 2.39 bits per heavy atom. The molecule has 0 amide bonds. The van der Waals surface area contributed by atoms with Gasteiger partial charge in [-0.15, -0.1) is 0 Å². The van der Waals surface area contributed by atoms with Gasteiger partial charge >= 0.3 is 0 Å². The van der Waals surface area contributed by atoms with E-state index in [-0.39, 0.29) is 17.7 Å². The van der Waals surface area contributed by atoms with E-state index in [2.05, 4.69) is 28.8 Å². The number of imidazole rings is 1. The number of hydrogen-bond donors (Lipinski definition) is 3. The van der Waals surface area contributed by atoms with Crippen molar-refractivity contribution in [2.75, 3.05) is 18.6 Å². The first kappa shape index (κ1) is 21.2. The van der Waals surface area contributed by atoms with E-state index in [1.54, 1.807) is 17.9 Å². The number of aromatic amines is 1. The van der Waals surface area contributed by atoms with Gasteiger partial charge in [0.15, 0.2) is 16.3 Å². The molecule has 8 nitrogen and oxygen atoms in total. The van der Waals surface area contributed by atoms with E-state index in [1.165, 1.54) is 6.20 Å². The standard InChI is InChI=1S/C17H20N6O2S.C2H6/c1-9(2)10-6-13(24-3)11(23-5-4-20-17(23)26)7-12(10)25-14-8-21-16(19)22-15(14)18;1-2/h4-9H,1-3H3,(H,20,26)(H4,18,19,21,22);1-2H3. The highest BCUT2D eigenvalue weighted by Crippen LogP contribution is 2.38. The first-order valence-corrected chi connectivity index (χ1v) is 9.35. The number of rotatable bonds is 5. The second-order valence-corrected chi connectivity index (χ2v) is 6.32. The summed E-state index contributed by atoms with van der Waals surface area (Å²) in [5.41, 5.74) is 13.1. The normalized spacial score (nSPS) is 10.4. The van der Waals surface area contributed by atoms with E-state index in [4.69, 9.17) is 33.2 Å². The molecule has 5 N–H and O–H groups in total. The first-order valence-electron chi connectivity index (χ1n) is 8.95. The molecule has 3 aromatic rings. The number of ether oxygens (including phenoxy) is 2. The van der Waals surface area contributed by atoms with Crippen LogP contribution < -0.4 is 20.9 Å². The van der Waals surface area contributed by atoms with Gasteiger partial charge in [-0.25, -0.2) is 4.98 Å². The summed E-state index contributed by atoms with van der Waals surface area (Å²) in [6, 6.07) is 3.78. The van der Waals surface area contributed by atoms with E-state index in [1.807, 2.05) is 32.2 Å². The van der Waals surface area contributed by atoms with Gasteiger partial charge in [-0.2, -0.15) is 4.98 Å². The Labute approximate surface area is 169 Å². The van der Waals surface area contributed by atoms with Crippen molar-refractivity contribution in [2.45, 2.75) is 33.6 Å². The number of nitrogens with zero attached hydrogens (tertiary/aromatic N) is 3. The van der Waals surface area contributed by atoms with Crippen LogP contribution in [-0.2, 0) is 0 Å². The molecule has 28 heavy (non-hydrogen) atoms. The van der Waals surface area contributed by atoms with Gasteiger partial charge in [0, 0.05) is 24.0 Å². The number of aromatic nitrogens is 4. The summed E-state index contributed by atoms with van der Waals surface area (Å²) in [4.78, 5) is 10.8. The number of benzene rings is 1. The smallest absolute Gasteiger partial charge is 0.222 e. The molecule has 0 aliphatic carbocycles. The van der Waals surface area contributed by atoms with Crippen molar-refractivity contribution in [3.8, 4) is 22.9 Å². The number of H-pyrrole nitrogens is 1. The molecule has 0 aliphatic heterocycles. The number of methoxy groups -OCH3 is 1. The van der Waals surface area contributed by atoms with Crippen molar-refractivity contribution in [2.24, 2.45) is 0 Å². The number of anilines is 2. The van der Waals surface area contributed by atoms with Gasteiger partial charge in [0.2, 0.25) is 5.95 Å². The molecule has 9 heteroatoms. The lowest BCUT2D eigenvalue weighted by atomic mass is 10.0. The highest BCUT2D eigenvalue weighted by Gasteiger charge is 2.18. The fraction of sp³-hybridized carbons (Fsp3) is 0.316. The lowest BCUT2D eigenvalue weighted by Gasteiger charge is -2.19. The Morgan fingerprint density at radius 2 is 1.86 bits per heavy atom. The second-order valence-electron chi connectivity index (χ2n) is 5.93. The molecule has 0 unspecified atom stereocenters. The molecule has 2 heterocycles. The number of nitrogens with one attached hydrogen (secondary N) is 1. The summed E-state index contributed by atoms with van der Waals surface area (Å²) in [6.45, 7) is 8.12. The molecule has 0 saturated heterocycles. The summed E-state index contributed by atoms with van der Waals surface area (Å²) in [5.74, 6) is 2.06. The van der Waals surface area contributed by atoms with E-state index >= 15 is 0 Å². The minimum atomic E-state index is 0.0907. The fourth-order valence-electron chi connectivity index (χ4n) is 2.56. The molecule has 0 fully saturated rings. The second kappa shape index (κ2) is 9.23. The van der Waals surface area contributed by atoms with Gasteiger partial charge in [0.25, 0.3) is 0 Å². The van der Waals surface area contributed by atoms with E-state index in [0.717, 1.165) is 11.3 Å². The highest BCUT2D eigenvalue weighted by molar-refractivity contribution is 7.71. The maximum Gasteiger partial charge on any atom is 0.222 e. The van der Waals surface area contributed by atoms with Crippen LogP contribution in [0, 0.1) is 4.77 Å². The van der Waals surface area contributed by atoms with Crippen LogP contribution in [0.15, 0.2) is 30.7 Å². The third kappa shape index (κ3) is 4.42. The van der Waals surface area contributed by atoms with Crippen molar-refractivity contribution in [1.29, 1.82) is 0 Å². The van der Waals surface area contributed by atoms with Crippen LogP contribution in [0.5, 0.6) is 17.2 Å². The molecule has 0 bridgehead atoms. The van der Waals surface area contributed by atoms with Crippen LogP contribution >= 0.6 is 12.2 Å². The van der Waals surface area contributed by atoms with E-state index < -0.39 is 0 Å². The SMILES string of the molecule is CC.COc1cc(C(C)C)c(Oc2cnc(N)nc2N)cc1-n1cc[nH]c1=S. The molecule has 3 rings (SSSR count). The lowest BCUT2D eigenvalue weighted by molar-refractivity contribution is 0.408. The molecule has 1 aromatic carbocycles. The van der Waals surface area contributed by atoms with Gasteiger partial charge < -0.3 is 25.9 Å². The van der Waals surface area contributed by atoms with Crippen LogP contribution in [0.4, 0.5) is 11.8 Å². The molecule has 0 aliphatic rings. The maximum absolute atomic E-state index is 6.02. The van der Waals surface area contributed by atoms with E-state index in [0.29, 0.717) is 22.0 Å². The molecule has 0 spiro atoms. The van der Waals surface area contributed by atoms with Gasteiger partial charge in [-0.1, -0.05) is 27.7 Å². The monoisotopic (exact) mass is 402 g/mol. The summed E-state index contributed by atoms with van der Waals surface area (Å²) in [5, 5.41) is 0. The number of nitrogen functional groups attached to an aromatic ring is 2. The predicted molar refractivity (Wildman–Crippen MR) is 114 cm³/mol. The molecular weight excluding hydrogens is 376 g/mol. The summed E-state index contributed by atoms with van der Waals surface area (Å²) < 4.78 is 13.9. The zero-order valence-corrected chi connectivity index (χ0v) is 17.5. The summed E-state index contributed by atoms with van der Waals surface area (Å²) >= 11 is 5.32. The Hall–Kier alpha value is -3.07. The first-order chi connectivity index (χ1) is 13.4. The van der Waals surface area contributed by atoms with E-state index in [9.17, 15) is 0 Å². The molecule has 0 saturated carbocycles. The fourth-order valence-corrected chi connectivity index (χ4v) is 2.79. The Balaban J connectivity index is 0.00000136. The molecular formula is C19H26N6O2S. The van der Waals surface area contributed by atoms with Gasteiger partial charge in [0.1, 0.15) is 11.5 Å². The van der Waals surface area contributed by atoms with Crippen molar-refractivity contribution in [3.63, 3.8) is 0 Å². The minimum Gasteiger partial charge on any atom is -0.495 e. The van der Waals surface area contributed by atoms with Crippen molar-refractivity contribution < 1.29 is 9.47 Å². The maximum atomic E-state index is 6.02. The Bertz CT molecular complexity index is 996. The van der Waals surface area contributed by atoms with Crippen LogP contribution in [-0.4, -0.2) is 26.6 Å². The van der Waals surface area contributed by atoms with Crippen LogP contribution in [0.25, 0.3) is 5.69 Å². The van der Waals surface area contributed by atoms with Crippen LogP contribution in [0.3, 0.4) is 0 Å². The molecule has 0 atom stereocenters. The average molecular weight is 403 g/mol.